The second-order valence-electron chi connectivity index (χ2n) is 5.52. The van der Waals surface area contributed by atoms with Crippen LogP contribution in [0, 0.1) is 6.92 Å². The molecule has 1 aromatic heterocycles. The van der Waals surface area contributed by atoms with Gasteiger partial charge in [-0.05, 0) is 43.1 Å². The zero-order valence-corrected chi connectivity index (χ0v) is 12.5. The van der Waals surface area contributed by atoms with E-state index in [4.69, 9.17) is 4.52 Å². The molecule has 112 valence electrons. The van der Waals surface area contributed by atoms with Crippen molar-refractivity contribution in [3.05, 3.63) is 41.8 Å². The number of hydrogen-bond acceptors (Lipinski definition) is 5. The summed E-state index contributed by atoms with van der Waals surface area (Å²) in [6, 6.07) is 11.1. The van der Waals surface area contributed by atoms with Crippen LogP contribution in [0.25, 0.3) is 0 Å². The Morgan fingerprint density at radius 3 is 2.67 bits per heavy atom. The minimum absolute atomic E-state index is 0.493. The van der Waals surface area contributed by atoms with Gasteiger partial charge in [-0.15, -0.1) is 0 Å². The van der Waals surface area contributed by atoms with Gasteiger partial charge in [-0.25, -0.2) is 0 Å². The molecule has 1 aliphatic rings. The van der Waals surface area contributed by atoms with E-state index in [0.29, 0.717) is 11.9 Å². The molecule has 0 spiro atoms. The Morgan fingerprint density at radius 1 is 1.24 bits per heavy atom. The molecule has 2 heterocycles. The number of rotatable bonds is 5. The van der Waals surface area contributed by atoms with Crippen LogP contribution in [-0.2, 0) is 6.42 Å². The first kappa shape index (κ1) is 14.1. The lowest BCUT2D eigenvalue weighted by Gasteiger charge is -2.33. The van der Waals surface area contributed by atoms with E-state index >= 15 is 0 Å². The van der Waals surface area contributed by atoms with E-state index in [-0.39, 0.29) is 0 Å². The largest absolute Gasteiger partial charge is 0.338 e. The van der Waals surface area contributed by atoms with Crippen LogP contribution in [0.2, 0.25) is 0 Å². The van der Waals surface area contributed by atoms with Crippen LogP contribution in [0.3, 0.4) is 0 Å². The summed E-state index contributed by atoms with van der Waals surface area (Å²) in [6.07, 6.45) is 3.25. The third-order valence-corrected chi connectivity index (χ3v) is 4.01. The highest BCUT2D eigenvalue weighted by Gasteiger charge is 2.24. The number of piperidine rings is 1. The number of nitrogens with one attached hydrogen (secondary N) is 1. The van der Waals surface area contributed by atoms with Crippen molar-refractivity contribution in [1.29, 1.82) is 0 Å². The molecule has 1 fully saturated rings. The van der Waals surface area contributed by atoms with Gasteiger partial charge in [0, 0.05) is 19.5 Å². The van der Waals surface area contributed by atoms with Crippen LogP contribution in [0.1, 0.15) is 24.3 Å². The fraction of sp³-hybridized carbons (Fsp3) is 0.500. The maximum absolute atomic E-state index is 5.17. The molecule has 5 nitrogen and oxygen atoms in total. The Kier molecular flexibility index (Phi) is 4.50. The van der Waals surface area contributed by atoms with E-state index in [1.807, 2.05) is 6.92 Å². The summed E-state index contributed by atoms with van der Waals surface area (Å²) in [4.78, 5) is 6.74. The van der Waals surface area contributed by atoms with Crippen LogP contribution >= 0.6 is 0 Å². The molecule has 21 heavy (non-hydrogen) atoms. The number of nitrogens with zero attached hydrogens (tertiary/aromatic N) is 3. The number of hydrogen-bond donors (Lipinski definition) is 1. The van der Waals surface area contributed by atoms with Crippen molar-refractivity contribution in [2.75, 3.05) is 24.5 Å². The molecule has 0 bridgehead atoms. The van der Waals surface area contributed by atoms with E-state index in [2.05, 4.69) is 50.7 Å². The van der Waals surface area contributed by atoms with E-state index in [9.17, 15) is 0 Å². The molecule has 3 rings (SSSR count). The average Bonchev–Trinajstić information content (AvgIpc) is 2.96. The molecular formula is C16H22N4O. The minimum atomic E-state index is 0.493. The highest BCUT2D eigenvalue weighted by atomic mass is 16.5. The zero-order chi connectivity index (χ0) is 14.5. The predicted molar refractivity (Wildman–Crippen MR) is 82.4 cm³/mol. The quantitative estimate of drug-likeness (QED) is 0.913. The second-order valence-corrected chi connectivity index (χ2v) is 5.52. The van der Waals surface area contributed by atoms with Crippen molar-refractivity contribution in [3.8, 4) is 0 Å². The normalized spacial score (nSPS) is 16.0. The number of aromatic nitrogens is 2. The van der Waals surface area contributed by atoms with Gasteiger partial charge in [-0.2, -0.15) is 4.98 Å². The first-order chi connectivity index (χ1) is 10.3. The van der Waals surface area contributed by atoms with E-state index < -0.39 is 0 Å². The topological polar surface area (TPSA) is 54.2 Å². The molecule has 0 unspecified atom stereocenters. The van der Waals surface area contributed by atoms with Gasteiger partial charge in [0.2, 0.25) is 5.89 Å². The minimum Gasteiger partial charge on any atom is -0.338 e. The molecule has 0 atom stereocenters. The van der Waals surface area contributed by atoms with Crippen LogP contribution in [0.15, 0.2) is 34.9 Å². The molecule has 1 aliphatic heterocycles. The lowest BCUT2D eigenvalue weighted by atomic mass is 10.0. The zero-order valence-electron chi connectivity index (χ0n) is 12.5. The summed E-state index contributed by atoms with van der Waals surface area (Å²) in [7, 11) is 0. The van der Waals surface area contributed by atoms with Gasteiger partial charge in [0.15, 0.2) is 0 Å². The molecule has 5 heteroatoms. The number of benzene rings is 1. The van der Waals surface area contributed by atoms with Crippen LogP contribution in [0.4, 0.5) is 5.95 Å². The van der Waals surface area contributed by atoms with Crippen molar-refractivity contribution in [1.82, 2.24) is 15.5 Å². The summed E-state index contributed by atoms with van der Waals surface area (Å²) in [6.45, 7) is 4.88. The standard InChI is InChI=1S/C16H22N4O/c1-13-18-16(19-21-13)20(15-7-10-17-11-8-15)12-9-14-5-3-2-4-6-14/h2-6,15,17H,7-12H2,1H3. The summed E-state index contributed by atoms with van der Waals surface area (Å²) >= 11 is 0. The summed E-state index contributed by atoms with van der Waals surface area (Å²) in [5.74, 6) is 1.36. The summed E-state index contributed by atoms with van der Waals surface area (Å²) < 4.78 is 5.17. The Bertz CT molecular complexity index is 548. The van der Waals surface area contributed by atoms with Crippen molar-refractivity contribution in [2.24, 2.45) is 0 Å². The van der Waals surface area contributed by atoms with E-state index in [1.165, 1.54) is 5.56 Å². The van der Waals surface area contributed by atoms with Crippen LogP contribution in [-0.4, -0.2) is 35.8 Å². The molecule has 0 aliphatic carbocycles. The summed E-state index contributed by atoms with van der Waals surface area (Å²) in [5.41, 5.74) is 1.34. The first-order valence-electron chi connectivity index (χ1n) is 7.64. The molecule has 2 aromatic rings. The van der Waals surface area contributed by atoms with Gasteiger partial charge in [0.25, 0.3) is 5.95 Å². The maximum atomic E-state index is 5.17. The Labute approximate surface area is 125 Å². The van der Waals surface area contributed by atoms with Gasteiger partial charge in [-0.3, -0.25) is 0 Å². The van der Waals surface area contributed by atoms with Gasteiger partial charge in [-0.1, -0.05) is 30.3 Å². The van der Waals surface area contributed by atoms with Crippen LogP contribution < -0.4 is 10.2 Å². The molecule has 0 saturated carbocycles. The SMILES string of the molecule is Cc1nc(N(CCc2ccccc2)C2CCNCC2)no1. The highest BCUT2D eigenvalue weighted by molar-refractivity contribution is 5.31. The van der Waals surface area contributed by atoms with Gasteiger partial charge < -0.3 is 14.7 Å². The average molecular weight is 286 g/mol. The van der Waals surface area contributed by atoms with Crippen molar-refractivity contribution in [2.45, 2.75) is 32.2 Å². The fourth-order valence-corrected chi connectivity index (χ4v) is 2.86. The third-order valence-electron chi connectivity index (χ3n) is 4.01. The Morgan fingerprint density at radius 2 is 2.00 bits per heavy atom. The van der Waals surface area contributed by atoms with Crippen molar-refractivity contribution < 1.29 is 4.52 Å². The fourth-order valence-electron chi connectivity index (χ4n) is 2.86. The molecular weight excluding hydrogens is 264 g/mol. The van der Waals surface area contributed by atoms with Crippen molar-refractivity contribution >= 4 is 5.95 Å². The maximum Gasteiger partial charge on any atom is 0.266 e. The Hall–Kier alpha value is -1.88. The highest BCUT2D eigenvalue weighted by Crippen LogP contribution is 2.19. The van der Waals surface area contributed by atoms with Gasteiger partial charge in [0.05, 0.1) is 0 Å². The van der Waals surface area contributed by atoms with Crippen LogP contribution in [0.5, 0.6) is 0 Å². The van der Waals surface area contributed by atoms with Gasteiger partial charge >= 0.3 is 0 Å². The third kappa shape index (κ3) is 3.61. The second kappa shape index (κ2) is 6.72. The smallest absolute Gasteiger partial charge is 0.266 e. The molecule has 1 N–H and O–H groups in total. The van der Waals surface area contributed by atoms with Gasteiger partial charge in [0.1, 0.15) is 0 Å². The van der Waals surface area contributed by atoms with E-state index in [0.717, 1.165) is 44.8 Å². The summed E-state index contributed by atoms with van der Waals surface area (Å²) in [5, 5.41) is 7.53. The monoisotopic (exact) mass is 286 g/mol. The predicted octanol–water partition coefficient (Wildman–Crippen LogP) is 2.18. The number of anilines is 1. The van der Waals surface area contributed by atoms with E-state index in [1.54, 1.807) is 0 Å². The first-order valence-corrected chi connectivity index (χ1v) is 7.64. The lowest BCUT2D eigenvalue weighted by Crippen LogP contribution is -2.44. The molecule has 1 aromatic carbocycles. The molecule has 0 amide bonds. The number of aryl methyl sites for hydroxylation is 1. The lowest BCUT2D eigenvalue weighted by molar-refractivity contribution is 0.383. The molecule has 0 radical (unpaired) electrons. The molecule has 1 saturated heterocycles. The Balaban J connectivity index is 1.72. The van der Waals surface area contributed by atoms with Crippen molar-refractivity contribution in [3.63, 3.8) is 0 Å².